The molecular weight excluding hydrogens is 1440 g/mol. The molecule has 0 radical (unpaired) electrons. The number of carbonyl (C=O) groups excluding carboxylic acids is 12. The molecule has 610 valence electrons. The van der Waals surface area contributed by atoms with Crippen molar-refractivity contribution in [3.05, 3.63) is 12.2 Å². The van der Waals surface area contributed by atoms with Crippen LogP contribution in [0.25, 0.3) is 0 Å². The van der Waals surface area contributed by atoms with E-state index in [4.69, 9.17) is 16.3 Å². The monoisotopic (exact) mass is 1560 g/mol. The Morgan fingerprint density at radius 2 is 1.31 bits per heavy atom. The summed E-state index contributed by atoms with van der Waals surface area (Å²) in [6.45, 7) is 7.45. The van der Waals surface area contributed by atoms with Gasteiger partial charge in [-0.25, -0.2) is 0 Å². The van der Waals surface area contributed by atoms with E-state index in [1.807, 2.05) is 6.92 Å². The zero-order chi connectivity index (χ0) is 80.0. The Balaban J connectivity index is 1.32. The average molecular weight is 1560 g/mol. The molecule has 4 aliphatic carbocycles. The van der Waals surface area contributed by atoms with Crippen LogP contribution in [0.4, 0.5) is 26.3 Å². The zero-order valence-electron chi connectivity index (χ0n) is 65.3. The summed E-state index contributed by atoms with van der Waals surface area (Å²) in [7, 11) is 9.76. The summed E-state index contributed by atoms with van der Waals surface area (Å²) in [5, 5.41) is 7.36. The maximum absolute atomic E-state index is 15.6. The summed E-state index contributed by atoms with van der Waals surface area (Å²) in [6, 6.07) is -10.8. The van der Waals surface area contributed by atoms with E-state index in [0.29, 0.717) is 51.4 Å². The lowest BCUT2D eigenvalue weighted by Gasteiger charge is -2.46. The first kappa shape index (κ1) is 88.4. The predicted molar refractivity (Wildman–Crippen MR) is 390 cm³/mol. The second kappa shape index (κ2) is 38.9. The molecule has 1 spiro atoms. The number of alkyl halides is 7. The van der Waals surface area contributed by atoms with Crippen molar-refractivity contribution in [2.45, 2.75) is 273 Å². The van der Waals surface area contributed by atoms with E-state index in [-0.39, 0.29) is 129 Å². The van der Waals surface area contributed by atoms with Crippen molar-refractivity contribution in [1.82, 2.24) is 60.0 Å². The lowest BCUT2D eigenvalue weighted by atomic mass is 9.74. The number of ether oxygens (including phenoxy) is 1. The average Bonchev–Trinajstić information content (AvgIpc) is 1.41. The molecule has 3 N–H and O–H groups in total. The summed E-state index contributed by atoms with van der Waals surface area (Å²) in [4.78, 5) is 193. The molecule has 32 heteroatoms. The molecule has 3 aliphatic heterocycles. The van der Waals surface area contributed by atoms with Crippen LogP contribution in [0.3, 0.4) is 0 Å². The van der Waals surface area contributed by atoms with E-state index < -0.39 is 204 Å². The second-order valence-corrected chi connectivity index (χ2v) is 32.3. The standard InChI is InChI=1S/C76H119ClF6N12O13/c1-13-17-26-55-65(99)85-63(46(5)14-2)71(105)89(8)45-62(98)91(10)56-27-19-18-22-38-94(70(56)104)59(40-48-28-32-50(33-29-48)75(78,79)80)69(103)88(7)44-60(96)84-54(35-31-47-30-34-52(53(77)39-47)76(81,82)83)67(101)95-43-51(108-16-4)41-57(95)66(100)86-74(36-23-37-74)73(107)93(12)64(49-24-20-21-25-49)72(106)92(11)58(42-61(97)90(55)9)68(102)87(6)15-3/h18-19,46-59,63-64H,13-17,20-45H2,1-12H3,(H,84,96)(H,85,99)(H,86,100)/b19-18-/t46-,47?,48?,50?,51+,52?,53?,54-,55-,56-,57-,58-,59-,63-,64-/m0/s1. The first-order valence-electron chi connectivity index (χ1n) is 39.2. The van der Waals surface area contributed by atoms with Gasteiger partial charge in [0, 0.05) is 87.4 Å². The zero-order valence-corrected chi connectivity index (χ0v) is 66.0. The molecule has 108 heavy (non-hydrogen) atoms. The van der Waals surface area contributed by atoms with Crippen molar-refractivity contribution in [3.8, 4) is 0 Å². The Morgan fingerprint density at radius 1 is 0.657 bits per heavy atom. The van der Waals surface area contributed by atoms with Gasteiger partial charge in [0.15, 0.2) is 0 Å². The highest BCUT2D eigenvalue weighted by Gasteiger charge is 2.55. The molecule has 3 heterocycles. The fourth-order valence-corrected chi connectivity index (χ4v) is 17.6. The predicted octanol–water partition coefficient (Wildman–Crippen LogP) is 7.21. The molecule has 4 saturated carbocycles. The maximum Gasteiger partial charge on any atom is 0.393 e. The van der Waals surface area contributed by atoms with Crippen molar-refractivity contribution in [2.24, 2.45) is 35.5 Å². The summed E-state index contributed by atoms with van der Waals surface area (Å²) < 4.78 is 90.9. The second-order valence-electron chi connectivity index (χ2n) is 31.7. The molecule has 7 rings (SSSR count). The first-order chi connectivity index (χ1) is 50.8. The third kappa shape index (κ3) is 21.7. The molecule has 0 aromatic rings. The van der Waals surface area contributed by atoms with Gasteiger partial charge in [0.25, 0.3) is 0 Å². The number of amides is 12. The van der Waals surface area contributed by atoms with Crippen molar-refractivity contribution in [3.63, 3.8) is 0 Å². The SMILES string of the molecule is CCCC[C@H]1C(=O)N[C@@H]([C@@H](C)CC)C(=O)N(C)CC(=O)N(C)[C@H]2C/C=C\CCN(C2=O)[C@@H](CC2CCC(C(F)(F)F)CC2)C(=O)N(C)CC(=O)N[C@@H](CCC2CCC(C(F)(F)F)C(Cl)C2)C(=O)N2C[C@H](OCC)C[C@H]2C(=O)NC2(CCC2)C(=O)N(C)[C@@H](C2CCCC2)C(=O)N(C)[C@H](C(=O)N(C)CC)CC(=O)N1C. The van der Waals surface area contributed by atoms with Crippen molar-refractivity contribution >= 4 is 82.5 Å². The number of halogens is 7. The minimum absolute atomic E-state index is 0.0358. The van der Waals surface area contributed by atoms with Crippen LogP contribution in [0.15, 0.2) is 12.2 Å². The van der Waals surface area contributed by atoms with Crippen molar-refractivity contribution in [1.29, 1.82) is 0 Å². The first-order valence-corrected chi connectivity index (χ1v) is 39.6. The smallest absolute Gasteiger partial charge is 0.377 e. The molecule has 13 atom stereocenters. The largest absolute Gasteiger partial charge is 0.393 e. The van der Waals surface area contributed by atoms with E-state index in [9.17, 15) is 55.1 Å². The number of carbonyl (C=O) groups is 12. The lowest BCUT2D eigenvalue weighted by Crippen LogP contribution is -2.68. The number of hydrogen-bond acceptors (Lipinski definition) is 13. The summed E-state index contributed by atoms with van der Waals surface area (Å²) in [5.74, 6) is -14.1. The van der Waals surface area contributed by atoms with Gasteiger partial charge in [0.2, 0.25) is 70.9 Å². The third-order valence-corrected chi connectivity index (χ3v) is 25.0. The summed E-state index contributed by atoms with van der Waals surface area (Å²) in [6.07, 6.45) is -3.34. The molecule has 3 unspecified atom stereocenters. The van der Waals surface area contributed by atoms with Gasteiger partial charge in [-0.1, -0.05) is 65.0 Å². The van der Waals surface area contributed by atoms with Crippen LogP contribution in [0.2, 0.25) is 0 Å². The molecule has 12 amide bonds. The Kier molecular flexibility index (Phi) is 31.9. The molecular formula is C76H119ClF6N12O13. The Hall–Kier alpha value is -6.79. The molecule has 25 nitrogen and oxygen atoms in total. The lowest BCUT2D eigenvalue weighted by molar-refractivity contribution is -0.184. The fourth-order valence-electron chi connectivity index (χ4n) is 17.1. The fraction of sp³-hybridized carbons (Fsp3) is 0.816. The Labute approximate surface area is 637 Å². The summed E-state index contributed by atoms with van der Waals surface area (Å²) >= 11 is 6.43. The number of fused-ring (bicyclic) bond motifs is 3. The van der Waals surface area contributed by atoms with Crippen LogP contribution in [0.1, 0.15) is 195 Å². The number of unbranched alkanes of at least 4 members (excludes halogenated alkanes) is 1. The van der Waals surface area contributed by atoms with Crippen molar-refractivity contribution in [2.75, 3.05) is 88.7 Å². The maximum atomic E-state index is 15.6. The molecule has 0 aromatic heterocycles. The van der Waals surface area contributed by atoms with Crippen LogP contribution in [0.5, 0.6) is 0 Å². The van der Waals surface area contributed by atoms with Crippen LogP contribution in [-0.4, -0.2) is 281 Å². The van der Waals surface area contributed by atoms with Crippen LogP contribution >= 0.6 is 11.6 Å². The van der Waals surface area contributed by atoms with Gasteiger partial charge >= 0.3 is 12.4 Å². The van der Waals surface area contributed by atoms with Crippen LogP contribution < -0.4 is 16.0 Å². The minimum atomic E-state index is -4.57. The topological polar surface area (TPSA) is 279 Å². The highest BCUT2D eigenvalue weighted by molar-refractivity contribution is 6.21. The quantitative estimate of drug-likeness (QED) is 0.0832. The highest BCUT2D eigenvalue weighted by Crippen LogP contribution is 2.45. The molecule has 2 saturated heterocycles. The third-order valence-electron chi connectivity index (χ3n) is 24.5. The van der Waals surface area contributed by atoms with Gasteiger partial charge in [-0.3, -0.25) is 57.5 Å². The summed E-state index contributed by atoms with van der Waals surface area (Å²) in [5.41, 5.74) is -1.63. The van der Waals surface area contributed by atoms with Gasteiger partial charge in [0.1, 0.15) is 53.9 Å². The number of nitrogens with zero attached hydrogens (tertiary/aromatic N) is 9. The van der Waals surface area contributed by atoms with Crippen LogP contribution in [0, 0.1) is 35.5 Å². The number of likely N-dealkylation sites (N-methyl/N-ethyl adjacent to an activating group) is 7. The molecule has 2 bridgehead atoms. The van der Waals surface area contributed by atoms with Gasteiger partial charge in [-0.05, 0) is 153 Å². The Morgan fingerprint density at radius 3 is 1.89 bits per heavy atom. The number of hydrogen-bond donors (Lipinski definition) is 3. The van der Waals surface area contributed by atoms with Gasteiger partial charge < -0.3 is 64.8 Å². The normalized spacial score (nSPS) is 31.2. The molecule has 0 aromatic carbocycles. The van der Waals surface area contributed by atoms with E-state index in [0.717, 1.165) is 14.7 Å². The number of nitrogens with one attached hydrogen (secondary N) is 3. The Bertz CT molecular complexity index is 3210. The van der Waals surface area contributed by atoms with E-state index in [1.54, 1.807) is 39.8 Å². The van der Waals surface area contributed by atoms with Crippen LogP contribution in [-0.2, 0) is 62.3 Å². The van der Waals surface area contributed by atoms with Gasteiger partial charge in [-0.15, -0.1) is 11.6 Å². The van der Waals surface area contributed by atoms with Gasteiger partial charge in [0.05, 0.1) is 37.5 Å². The van der Waals surface area contributed by atoms with Crippen molar-refractivity contribution < 1.29 is 88.6 Å². The molecule has 6 fully saturated rings. The van der Waals surface area contributed by atoms with E-state index in [1.165, 1.54) is 78.7 Å². The van der Waals surface area contributed by atoms with E-state index in [2.05, 4.69) is 16.0 Å². The van der Waals surface area contributed by atoms with E-state index >= 15 is 28.8 Å². The number of rotatable bonds is 15. The van der Waals surface area contributed by atoms with Gasteiger partial charge in [-0.2, -0.15) is 26.3 Å². The molecule has 7 aliphatic rings. The highest BCUT2D eigenvalue weighted by atomic mass is 35.5. The minimum Gasteiger partial charge on any atom is -0.377 e.